The molecule has 0 saturated heterocycles. The fourth-order valence-corrected chi connectivity index (χ4v) is 2.87. The molecule has 0 atom stereocenters. The molecule has 132 valence electrons. The summed E-state index contributed by atoms with van der Waals surface area (Å²) in [7, 11) is 0. The Hall–Kier alpha value is -2.53. The van der Waals surface area contributed by atoms with Gasteiger partial charge in [-0.2, -0.15) is 0 Å². The van der Waals surface area contributed by atoms with Crippen molar-refractivity contribution in [2.24, 2.45) is 0 Å². The molecule has 5 nitrogen and oxygen atoms in total. The van der Waals surface area contributed by atoms with E-state index in [2.05, 4.69) is 17.2 Å². The number of aryl methyl sites for hydroxylation is 1. The number of phenolic OH excluding ortho intramolecular Hbond substituents is 1. The summed E-state index contributed by atoms with van der Waals surface area (Å²) >= 11 is 6.28. The van der Waals surface area contributed by atoms with Crippen molar-refractivity contribution >= 4 is 34.2 Å². The molecule has 2 rings (SSSR count). The van der Waals surface area contributed by atoms with Crippen molar-refractivity contribution in [2.75, 3.05) is 13.1 Å². The van der Waals surface area contributed by atoms with E-state index in [0.717, 1.165) is 10.9 Å². The fourth-order valence-electron chi connectivity index (χ4n) is 2.51. The number of fused-ring (bicyclic) bond motifs is 1. The number of phenols is 1. The number of benzene rings is 2. The van der Waals surface area contributed by atoms with Crippen molar-refractivity contribution in [1.82, 2.24) is 10.6 Å². The van der Waals surface area contributed by atoms with Gasteiger partial charge in [0, 0.05) is 34.5 Å². The van der Waals surface area contributed by atoms with E-state index in [-0.39, 0.29) is 17.2 Å². The molecular weight excluding hydrogens is 340 g/mol. The molecule has 0 aliphatic carbocycles. The van der Waals surface area contributed by atoms with Crippen molar-refractivity contribution in [3.8, 4) is 5.75 Å². The van der Waals surface area contributed by atoms with E-state index in [1.54, 1.807) is 19.1 Å². The lowest BCUT2D eigenvalue weighted by Crippen LogP contribution is -2.30. The zero-order valence-corrected chi connectivity index (χ0v) is 15.0. The van der Waals surface area contributed by atoms with Crippen molar-refractivity contribution in [2.45, 2.75) is 20.3 Å². The molecule has 2 aromatic carbocycles. The number of halogens is 1. The van der Waals surface area contributed by atoms with Crippen LogP contribution in [0.1, 0.15) is 29.3 Å². The second kappa shape index (κ2) is 8.03. The summed E-state index contributed by atoms with van der Waals surface area (Å²) in [6, 6.07) is 6.91. The summed E-state index contributed by atoms with van der Waals surface area (Å²) in [5, 5.41) is 17.5. The van der Waals surface area contributed by atoms with Crippen molar-refractivity contribution < 1.29 is 14.7 Å². The maximum absolute atomic E-state index is 12.3. The summed E-state index contributed by atoms with van der Waals surface area (Å²) in [6.45, 7) is 7.86. The summed E-state index contributed by atoms with van der Waals surface area (Å²) in [4.78, 5) is 23.7. The molecule has 0 unspecified atom stereocenters. The number of carbonyl (C=O) groups is 2. The van der Waals surface area contributed by atoms with Gasteiger partial charge in [-0.05, 0) is 31.9 Å². The second-order valence-electron chi connectivity index (χ2n) is 5.90. The molecule has 0 spiro atoms. The van der Waals surface area contributed by atoms with Crippen LogP contribution in [0.3, 0.4) is 0 Å². The van der Waals surface area contributed by atoms with Gasteiger partial charge in [0.2, 0.25) is 5.91 Å². The van der Waals surface area contributed by atoms with Gasteiger partial charge in [-0.15, -0.1) is 0 Å². The maximum Gasteiger partial charge on any atom is 0.255 e. The van der Waals surface area contributed by atoms with Crippen LogP contribution < -0.4 is 10.6 Å². The normalized spacial score (nSPS) is 10.5. The minimum absolute atomic E-state index is 0.0869. The van der Waals surface area contributed by atoms with Crippen LogP contribution >= 0.6 is 11.6 Å². The largest absolute Gasteiger partial charge is 0.506 e. The molecule has 6 heteroatoms. The highest BCUT2D eigenvalue weighted by molar-refractivity contribution is 6.36. The summed E-state index contributed by atoms with van der Waals surface area (Å²) in [6.07, 6.45) is 0.561. The van der Waals surface area contributed by atoms with Gasteiger partial charge in [-0.25, -0.2) is 0 Å². The molecule has 3 N–H and O–H groups in total. The summed E-state index contributed by atoms with van der Waals surface area (Å²) in [5.74, 6) is -0.703. The van der Waals surface area contributed by atoms with E-state index in [9.17, 15) is 14.7 Å². The number of hydrogen-bond donors (Lipinski definition) is 3. The molecule has 0 radical (unpaired) electrons. The third-order valence-corrected chi connectivity index (χ3v) is 4.15. The van der Waals surface area contributed by atoms with Crippen LogP contribution in [0.15, 0.2) is 36.4 Å². The van der Waals surface area contributed by atoms with Crippen molar-refractivity contribution in [1.29, 1.82) is 0 Å². The van der Waals surface area contributed by atoms with Gasteiger partial charge in [0.25, 0.3) is 5.91 Å². The third-order valence-electron chi connectivity index (χ3n) is 3.85. The highest BCUT2D eigenvalue weighted by Gasteiger charge is 2.17. The molecule has 0 bridgehead atoms. The first-order chi connectivity index (χ1) is 11.8. The molecule has 0 saturated carbocycles. The van der Waals surface area contributed by atoms with Crippen LogP contribution in [0, 0.1) is 6.92 Å². The van der Waals surface area contributed by atoms with Gasteiger partial charge in [-0.1, -0.05) is 36.4 Å². The standard InChI is InChI=1S/C19H21ClN2O3/c1-11(2)18(24)21-8-5-9-22-19(25)14-10-15(20)16-12(3)6-4-7-13(16)17(14)23/h4,6-7,10,23H,1,5,8-9H2,2-3H3,(H,21,24)(H,22,25). The Balaban J connectivity index is 2.04. The fraction of sp³-hybridized carbons (Fsp3) is 0.263. The first-order valence-corrected chi connectivity index (χ1v) is 8.33. The molecule has 0 aromatic heterocycles. The monoisotopic (exact) mass is 360 g/mol. The van der Waals surface area contributed by atoms with Crippen LogP contribution in [-0.4, -0.2) is 30.0 Å². The van der Waals surface area contributed by atoms with Crippen LogP contribution in [0.2, 0.25) is 5.02 Å². The van der Waals surface area contributed by atoms with Gasteiger partial charge in [-0.3, -0.25) is 9.59 Å². The number of amides is 2. The molecular formula is C19H21ClN2O3. The van der Waals surface area contributed by atoms with Gasteiger partial charge in [0.15, 0.2) is 0 Å². The zero-order valence-electron chi connectivity index (χ0n) is 14.3. The molecule has 2 aromatic rings. The van der Waals surface area contributed by atoms with E-state index in [4.69, 9.17) is 11.6 Å². The quantitative estimate of drug-likeness (QED) is 0.546. The lowest BCUT2D eigenvalue weighted by Gasteiger charge is -2.12. The number of carbonyl (C=O) groups excluding carboxylic acids is 2. The van der Waals surface area contributed by atoms with Crippen molar-refractivity contribution in [3.05, 3.63) is 52.6 Å². The first kappa shape index (κ1) is 18.8. The van der Waals surface area contributed by atoms with Crippen LogP contribution in [-0.2, 0) is 4.79 Å². The van der Waals surface area contributed by atoms with Gasteiger partial charge >= 0.3 is 0 Å². The van der Waals surface area contributed by atoms with Crippen LogP contribution in [0.4, 0.5) is 0 Å². The van der Waals surface area contributed by atoms with Gasteiger partial charge in [0.05, 0.1) is 5.56 Å². The summed E-state index contributed by atoms with van der Waals surface area (Å²) in [5.41, 5.74) is 1.50. The molecule has 0 aliphatic heterocycles. The minimum Gasteiger partial charge on any atom is -0.506 e. The topological polar surface area (TPSA) is 78.4 Å². The van der Waals surface area contributed by atoms with Gasteiger partial charge in [0.1, 0.15) is 5.75 Å². The maximum atomic E-state index is 12.3. The Labute approximate surface area is 151 Å². The SMILES string of the molecule is C=C(C)C(=O)NCCCNC(=O)c1cc(Cl)c2c(C)cccc2c1O. The molecule has 0 aliphatic rings. The van der Waals surface area contributed by atoms with E-state index < -0.39 is 5.91 Å². The number of aromatic hydroxyl groups is 1. The Bertz CT molecular complexity index is 846. The first-order valence-electron chi connectivity index (χ1n) is 7.95. The van der Waals surface area contributed by atoms with E-state index in [1.807, 2.05) is 13.0 Å². The smallest absolute Gasteiger partial charge is 0.255 e. The Kier molecular flexibility index (Phi) is 6.04. The highest BCUT2D eigenvalue weighted by Crippen LogP contribution is 2.36. The molecule has 0 fully saturated rings. The zero-order chi connectivity index (χ0) is 18.6. The highest BCUT2D eigenvalue weighted by atomic mass is 35.5. The van der Waals surface area contributed by atoms with Gasteiger partial charge < -0.3 is 15.7 Å². The average Bonchev–Trinajstić information content (AvgIpc) is 2.57. The lowest BCUT2D eigenvalue weighted by atomic mass is 10.0. The van der Waals surface area contributed by atoms with E-state index in [1.165, 1.54) is 6.07 Å². The second-order valence-corrected chi connectivity index (χ2v) is 6.30. The van der Waals surface area contributed by atoms with E-state index >= 15 is 0 Å². The Morgan fingerprint density at radius 1 is 1.24 bits per heavy atom. The molecule has 25 heavy (non-hydrogen) atoms. The minimum atomic E-state index is -0.408. The van der Waals surface area contributed by atoms with E-state index in [0.29, 0.717) is 35.5 Å². The van der Waals surface area contributed by atoms with Crippen LogP contribution in [0.5, 0.6) is 5.75 Å². The average molecular weight is 361 g/mol. The lowest BCUT2D eigenvalue weighted by molar-refractivity contribution is -0.117. The predicted molar refractivity (Wildman–Crippen MR) is 100 cm³/mol. The molecule has 2 amide bonds. The Morgan fingerprint density at radius 2 is 1.92 bits per heavy atom. The number of nitrogens with one attached hydrogen (secondary N) is 2. The summed E-state index contributed by atoms with van der Waals surface area (Å²) < 4.78 is 0. The van der Waals surface area contributed by atoms with Crippen molar-refractivity contribution in [3.63, 3.8) is 0 Å². The predicted octanol–water partition coefficient (Wildman–Crippen LogP) is 3.32. The third kappa shape index (κ3) is 4.31. The van der Waals surface area contributed by atoms with Crippen LogP contribution in [0.25, 0.3) is 10.8 Å². The Morgan fingerprint density at radius 3 is 2.60 bits per heavy atom. The number of hydrogen-bond acceptors (Lipinski definition) is 3. The molecule has 0 heterocycles. The number of rotatable bonds is 6.